The van der Waals surface area contributed by atoms with E-state index < -0.39 is 6.10 Å². The number of hydrogen-bond donors (Lipinski definition) is 0. The highest BCUT2D eigenvalue weighted by Crippen LogP contribution is 2.13. The van der Waals surface area contributed by atoms with Crippen molar-refractivity contribution < 1.29 is 28.6 Å². The van der Waals surface area contributed by atoms with Crippen LogP contribution in [0.25, 0.3) is 0 Å². The van der Waals surface area contributed by atoms with E-state index in [0.717, 1.165) is 173 Å². The summed E-state index contributed by atoms with van der Waals surface area (Å²) in [6.07, 6.45) is 95.2. The molecule has 0 saturated carbocycles. The van der Waals surface area contributed by atoms with Gasteiger partial charge in [0.15, 0.2) is 6.10 Å². The minimum absolute atomic E-state index is 0.1000. The van der Waals surface area contributed by atoms with E-state index >= 15 is 0 Å². The molecule has 436 valence electrons. The van der Waals surface area contributed by atoms with Gasteiger partial charge in [-0.15, -0.1) is 0 Å². The number of rotatable bonds is 54. The monoisotopic (exact) mass is 1070 g/mol. The molecule has 0 aromatic carbocycles. The third-order valence-corrected chi connectivity index (χ3v) is 12.5. The van der Waals surface area contributed by atoms with Gasteiger partial charge in [0, 0.05) is 19.3 Å². The SMILES string of the molecule is CC/C=C\C/C=C\C/C=C\C/C=C\C/C=C\C/C=C\C/C=C\C/C=C\CCCCCCC(=O)OCC(COC(=O)CCCCCCCC)OC(=O)CCCCCCCC/C=C\C/C=C\C/C=C\C/C=C\C/C=C\C/C=C\CC. The fourth-order valence-electron chi connectivity index (χ4n) is 7.87. The van der Waals surface area contributed by atoms with Crippen LogP contribution in [0.1, 0.15) is 245 Å². The van der Waals surface area contributed by atoms with Crippen LogP contribution in [0.2, 0.25) is 0 Å². The summed E-state index contributed by atoms with van der Waals surface area (Å²) in [5.41, 5.74) is 0. The molecule has 78 heavy (non-hydrogen) atoms. The smallest absolute Gasteiger partial charge is 0.306 e. The Labute approximate surface area is 479 Å². The van der Waals surface area contributed by atoms with E-state index in [9.17, 15) is 14.4 Å². The molecule has 1 atom stereocenters. The van der Waals surface area contributed by atoms with E-state index in [1.807, 2.05) is 0 Å². The van der Waals surface area contributed by atoms with Crippen LogP contribution in [0.3, 0.4) is 0 Å². The second-order valence-corrected chi connectivity index (χ2v) is 19.9. The Bertz CT molecular complexity index is 1810. The summed E-state index contributed by atoms with van der Waals surface area (Å²) in [5.74, 6) is -0.959. The minimum atomic E-state index is -0.803. The summed E-state index contributed by atoms with van der Waals surface area (Å²) in [6, 6.07) is 0. The molecule has 0 rings (SSSR count). The van der Waals surface area contributed by atoms with Crippen molar-refractivity contribution in [3.8, 4) is 0 Å². The molecule has 0 aromatic rings. The molecule has 0 heterocycles. The average molecular weight is 1070 g/mol. The lowest BCUT2D eigenvalue weighted by atomic mass is 10.1. The van der Waals surface area contributed by atoms with Crippen LogP contribution in [0, 0.1) is 0 Å². The van der Waals surface area contributed by atoms with Crippen molar-refractivity contribution in [2.24, 2.45) is 0 Å². The minimum Gasteiger partial charge on any atom is -0.462 e. The van der Waals surface area contributed by atoms with Crippen LogP contribution in [0.15, 0.2) is 170 Å². The molecule has 0 saturated heterocycles. The number of carbonyl (C=O) groups is 3. The summed E-state index contributed by atoms with van der Waals surface area (Å²) in [4.78, 5) is 38.0. The number of unbranched alkanes of at least 4 members (excludes halogenated alkanes) is 15. The first-order chi connectivity index (χ1) is 38.5. The highest BCUT2D eigenvalue weighted by Gasteiger charge is 2.19. The maximum atomic E-state index is 12.8. The lowest BCUT2D eigenvalue weighted by Gasteiger charge is -2.18. The van der Waals surface area contributed by atoms with Gasteiger partial charge in [0.2, 0.25) is 0 Å². The normalized spacial score (nSPS) is 13.3. The van der Waals surface area contributed by atoms with Gasteiger partial charge in [-0.1, -0.05) is 262 Å². The van der Waals surface area contributed by atoms with Crippen LogP contribution in [-0.4, -0.2) is 37.2 Å². The zero-order valence-corrected chi connectivity index (χ0v) is 49.9. The molecule has 0 aliphatic carbocycles. The molecule has 0 N–H and O–H groups in total. The van der Waals surface area contributed by atoms with Gasteiger partial charge in [-0.3, -0.25) is 14.4 Å². The topological polar surface area (TPSA) is 78.9 Å². The number of ether oxygens (including phenoxy) is 3. The van der Waals surface area contributed by atoms with Gasteiger partial charge in [-0.2, -0.15) is 0 Å². The van der Waals surface area contributed by atoms with Crippen LogP contribution in [-0.2, 0) is 28.6 Å². The fourth-order valence-corrected chi connectivity index (χ4v) is 7.87. The summed E-state index contributed by atoms with van der Waals surface area (Å²) in [7, 11) is 0. The van der Waals surface area contributed by atoms with E-state index in [4.69, 9.17) is 14.2 Å². The number of hydrogen-bond acceptors (Lipinski definition) is 6. The predicted molar refractivity (Wildman–Crippen MR) is 338 cm³/mol. The second kappa shape index (κ2) is 64.3. The first-order valence-electron chi connectivity index (χ1n) is 31.1. The van der Waals surface area contributed by atoms with E-state index in [0.29, 0.717) is 19.3 Å². The molecule has 1 unspecified atom stereocenters. The summed E-state index contributed by atoms with van der Waals surface area (Å²) in [5, 5.41) is 0. The molecule has 0 bridgehead atoms. The lowest BCUT2D eigenvalue weighted by molar-refractivity contribution is -0.167. The van der Waals surface area contributed by atoms with E-state index in [1.165, 1.54) is 32.1 Å². The Morgan fingerprint density at radius 2 is 0.500 bits per heavy atom. The molecular formula is C72H112O6. The molecule has 0 aliphatic heterocycles. The Balaban J connectivity index is 4.26. The van der Waals surface area contributed by atoms with Gasteiger partial charge in [-0.05, 0) is 135 Å². The van der Waals surface area contributed by atoms with Crippen molar-refractivity contribution in [1.29, 1.82) is 0 Å². The summed E-state index contributed by atoms with van der Waals surface area (Å²) < 4.78 is 16.8. The van der Waals surface area contributed by atoms with Crippen molar-refractivity contribution in [1.82, 2.24) is 0 Å². The Kier molecular flexibility index (Phi) is 60.0. The van der Waals surface area contributed by atoms with E-state index in [1.54, 1.807) is 0 Å². The quantitative estimate of drug-likeness (QED) is 0.0261. The Hall–Kier alpha value is -5.23. The number of allylic oxidation sites excluding steroid dienone is 28. The van der Waals surface area contributed by atoms with Crippen LogP contribution in [0.4, 0.5) is 0 Å². The van der Waals surface area contributed by atoms with E-state index in [-0.39, 0.29) is 31.1 Å². The van der Waals surface area contributed by atoms with E-state index in [2.05, 4.69) is 191 Å². The largest absolute Gasteiger partial charge is 0.462 e. The standard InChI is InChI=1S/C72H112O6/c1-4-7-10-13-16-18-20-22-24-26-28-30-32-34-35-36-37-39-40-42-44-46-48-50-52-54-56-59-62-65-71(74)77-68-69(67-76-70(73)64-61-58-15-12-9-6-3)78-72(75)66-63-60-57-55-53-51-49-47-45-43-41-38-33-31-29-27-25-23-21-19-17-14-11-8-5-2/h7-8,10-11,16-19,22-25,28-31,34-35,37-39,41-42,44-45,47-48,50,69H,4-6,9,12-15,20-21,26-27,32-33,36,40,43,46,49,51-68H2,1-3H3/b10-7-,11-8-,18-16-,19-17-,24-22-,25-23-,30-28-,31-29-,35-34-,39-37-,41-38-,44-42-,47-45-,50-48-. The van der Waals surface area contributed by atoms with Crippen molar-refractivity contribution in [2.75, 3.05) is 13.2 Å². The van der Waals surface area contributed by atoms with Crippen LogP contribution >= 0.6 is 0 Å². The highest BCUT2D eigenvalue weighted by molar-refractivity contribution is 5.71. The van der Waals surface area contributed by atoms with Gasteiger partial charge in [0.05, 0.1) is 0 Å². The van der Waals surface area contributed by atoms with Gasteiger partial charge >= 0.3 is 17.9 Å². The molecule has 6 heteroatoms. The molecule has 6 nitrogen and oxygen atoms in total. The predicted octanol–water partition coefficient (Wildman–Crippen LogP) is 21.5. The summed E-state index contributed by atoms with van der Waals surface area (Å²) >= 11 is 0. The zero-order valence-electron chi connectivity index (χ0n) is 49.9. The number of carbonyl (C=O) groups excluding carboxylic acids is 3. The van der Waals surface area contributed by atoms with Crippen molar-refractivity contribution in [3.05, 3.63) is 170 Å². The molecule has 0 spiro atoms. The van der Waals surface area contributed by atoms with Gasteiger partial charge < -0.3 is 14.2 Å². The maximum absolute atomic E-state index is 12.8. The second-order valence-electron chi connectivity index (χ2n) is 19.9. The molecule has 0 radical (unpaired) electrons. The Morgan fingerprint density at radius 3 is 0.782 bits per heavy atom. The van der Waals surface area contributed by atoms with Crippen molar-refractivity contribution >= 4 is 17.9 Å². The van der Waals surface area contributed by atoms with Gasteiger partial charge in [0.25, 0.3) is 0 Å². The molecular weight excluding hydrogens is 961 g/mol. The van der Waals surface area contributed by atoms with Crippen molar-refractivity contribution in [2.45, 2.75) is 252 Å². The summed E-state index contributed by atoms with van der Waals surface area (Å²) in [6.45, 7) is 6.30. The van der Waals surface area contributed by atoms with Gasteiger partial charge in [0.1, 0.15) is 13.2 Å². The number of esters is 3. The fraction of sp³-hybridized carbons (Fsp3) is 0.569. The van der Waals surface area contributed by atoms with Crippen molar-refractivity contribution in [3.63, 3.8) is 0 Å². The molecule has 0 amide bonds. The van der Waals surface area contributed by atoms with Gasteiger partial charge in [-0.25, -0.2) is 0 Å². The lowest BCUT2D eigenvalue weighted by Crippen LogP contribution is -2.30. The highest BCUT2D eigenvalue weighted by atomic mass is 16.6. The zero-order chi connectivity index (χ0) is 56.4. The average Bonchev–Trinajstić information content (AvgIpc) is 3.44. The third-order valence-electron chi connectivity index (χ3n) is 12.5. The molecule has 0 aromatic heterocycles. The first kappa shape index (κ1) is 72.8. The third kappa shape index (κ3) is 61.6. The molecule has 0 aliphatic rings. The first-order valence-corrected chi connectivity index (χ1v) is 31.1. The molecule has 0 fully saturated rings. The van der Waals surface area contributed by atoms with Crippen LogP contribution < -0.4 is 0 Å². The maximum Gasteiger partial charge on any atom is 0.306 e. The Morgan fingerprint density at radius 1 is 0.269 bits per heavy atom. The van der Waals surface area contributed by atoms with Crippen LogP contribution in [0.5, 0.6) is 0 Å².